The van der Waals surface area contributed by atoms with E-state index in [9.17, 15) is 4.79 Å². The summed E-state index contributed by atoms with van der Waals surface area (Å²) >= 11 is 0. The molecule has 3 heteroatoms. The van der Waals surface area contributed by atoms with Gasteiger partial charge in [0.15, 0.2) is 0 Å². The number of rotatable bonds is 2. The lowest BCUT2D eigenvalue weighted by atomic mass is 10.0. The SMILES string of the molecule is C=CC[C@@H]1CC(O)OC1=O. The summed E-state index contributed by atoms with van der Waals surface area (Å²) in [6, 6.07) is 0. The van der Waals surface area contributed by atoms with Gasteiger partial charge in [-0.3, -0.25) is 4.79 Å². The zero-order valence-electron chi connectivity index (χ0n) is 5.62. The zero-order chi connectivity index (χ0) is 7.56. The Balaban J connectivity index is 2.46. The molecular formula is C7H10O3. The van der Waals surface area contributed by atoms with E-state index in [0.29, 0.717) is 12.8 Å². The molecule has 1 fully saturated rings. The van der Waals surface area contributed by atoms with E-state index in [2.05, 4.69) is 11.3 Å². The zero-order valence-corrected chi connectivity index (χ0v) is 5.62. The van der Waals surface area contributed by atoms with Crippen LogP contribution in [0.3, 0.4) is 0 Å². The lowest BCUT2D eigenvalue weighted by molar-refractivity contribution is -0.155. The van der Waals surface area contributed by atoms with Crippen LogP contribution in [0.5, 0.6) is 0 Å². The van der Waals surface area contributed by atoms with Crippen molar-refractivity contribution in [1.82, 2.24) is 0 Å². The number of esters is 1. The first kappa shape index (κ1) is 7.28. The van der Waals surface area contributed by atoms with E-state index in [-0.39, 0.29) is 11.9 Å². The highest BCUT2D eigenvalue weighted by Crippen LogP contribution is 2.22. The van der Waals surface area contributed by atoms with Crippen molar-refractivity contribution >= 4 is 5.97 Å². The minimum absolute atomic E-state index is 0.174. The molecule has 1 aliphatic rings. The van der Waals surface area contributed by atoms with Gasteiger partial charge in [-0.25, -0.2) is 0 Å². The van der Waals surface area contributed by atoms with E-state index in [0.717, 1.165) is 0 Å². The molecule has 1 aliphatic heterocycles. The van der Waals surface area contributed by atoms with Crippen molar-refractivity contribution in [3.05, 3.63) is 12.7 Å². The molecule has 1 heterocycles. The highest BCUT2D eigenvalue weighted by molar-refractivity contribution is 5.74. The second-order valence-corrected chi connectivity index (χ2v) is 2.35. The molecule has 2 atom stereocenters. The fraction of sp³-hybridized carbons (Fsp3) is 0.571. The van der Waals surface area contributed by atoms with Gasteiger partial charge in [-0.05, 0) is 6.42 Å². The summed E-state index contributed by atoms with van der Waals surface area (Å²) in [5.74, 6) is -0.486. The van der Waals surface area contributed by atoms with E-state index in [1.807, 2.05) is 0 Å². The van der Waals surface area contributed by atoms with Crippen LogP contribution in [-0.4, -0.2) is 17.4 Å². The molecule has 0 radical (unpaired) electrons. The predicted molar refractivity (Wildman–Crippen MR) is 35.0 cm³/mol. The van der Waals surface area contributed by atoms with E-state index in [1.165, 1.54) is 0 Å². The van der Waals surface area contributed by atoms with Crippen molar-refractivity contribution < 1.29 is 14.6 Å². The van der Waals surface area contributed by atoms with Gasteiger partial charge in [0.05, 0.1) is 5.92 Å². The fourth-order valence-electron chi connectivity index (χ4n) is 1.01. The van der Waals surface area contributed by atoms with Crippen LogP contribution in [-0.2, 0) is 9.53 Å². The van der Waals surface area contributed by atoms with Crippen LogP contribution in [0.15, 0.2) is 12.7 Å². The molecule has 0 aromatic rings. The fourth-order valence-corrected chi connectivity index (χ4v) is 1.01. The second kappa shape index (κ2) is 2.84. The number of aliphatic hydroxyl groups is 1. The molecule has 1 rings (SSSR count). The molecular weight excluding hydrogens is 132 g/mol. The summed E-state index contributed by atoms with van der Waals surface area (Å²) in [4.78, 5) is 10.7. The Kier molecular flexibility index (Phi) is 2.06. The average Bonchev–Trinajstić information content (AvgIpc) is 2.13. The van der Waals surface area contributed by atoms with Crippen LogP contribution in [0, 0.1) is 5.92 Å². The molecule has 0 aromatic carbocycles. The highest BCUT2D eigenvalue weighted by Gasteiger charge is 2.31. The summed E-state index contributed by atoms with van der Waals surface area (Å²) in [6.07, 6.45) is 1.77. The third kappa shape index (κ3) is 1.36. The van der Waals surface area contributed by atoms with Crippen molar-refractivity contribution in [1.29, 1.82) is 0 Å². The number of aliphatic hydroxyl groups excluding tert-OH is 1. The van der Waals surface area contributed by atoms with Gasteiger partial charge in [-0.1, -0.05) is 6.08 Å². The molecule has 0 bridgehead atoms. The summed E-state index contributed by atoms with van der Waals surface area (Å²) in [7, 11) is 0. The standard InChI is InChI=1S/C7H10O3/c1-2-3-5-4-6(8)10-7(5)9/h2,5-6,8H,1,3-4H2/t5-,6?/m1/s1. The first-order valence-electron chi connectivity index (χ1n) is 3.23. The highest BCUT2D eigenvalue weighted by atomic mass is 16.6. The minimum Gasteiger partial charge on any atom is -0.436 e. The molecule has 0 spiro atoms. The van der Waals surface area contributed by atoms with Gasteiger partial charge < -0.3 is 9.84 Å². The Morgan fingerprint density at radius 3 is 3.00 bits per heavy atom. The molecule has 10 heavy (non-hydrogen) atoms. The molecule has 1 N–H and O–H groups in total. The van der Waals surface area contributed by atoms with E-state index < -0.39 is 6.29 Å². The maximum atomic E-state index is 10.7. The van der Waals surface area contributed by atoms with Crippen LogP contribution in [0.25, 0.3) is 0 Å². The predicted octanol–water partition coefficient (Wildman–Crippen LogP) is 0.444. The molecule has 0 aliphatic carbocycles. The maximum Gasteiger partial charge on any atom is 0.311 e. The molecule has 1 saturated heterocycles. The van der Waals surface area contributed by atoms with Gasteiger partial charge in [0, 0.05) is 6.42 Å². The van der Waals surface area contributed by atoms with Crippen LogP contribution in [0.1, 0.15) is 12.8 Å². The molecule has 0 saturated carbocycles. The second-order valence-electron chi connectivity index (χ2n) is 2.35. The Labute approximate surface area is 59.3 Å². The van der Waals surface area contributed by atoms with E-state index >= 15 is 0 Å². The van der Waals surface area contributed by atoms with E-state index in [4.69, 9.17) is 5.11 Å². The average molecular weight is 142 g/mol. The lowest BCUT2D eigenvalue weighted by Crippen LogP contribution is -2.05. The Morgan fingerprint density at radius 2 is 2.60 bits per heavy atom. The smallest absolute Gasteiger partial charge is 0.311 e. The number of carbonyl (C=O) groups excluding carboxylic acids is 1. The van der Waals surface area contributed by atoms with Crippen molar-refractivity contribution in [2.45, 2.75) is 19.1 Å². The lowest BCUT2D eigenvalue weighted by Gasteiger charge is -1.96. The third-order valence-electron chi connectivity index (χ3n) is 1.52. The van der Waals surface area contributed by atoms with Crippen LogP contribution < -0.4 is 0 Å². The van der Waals surface area contributed by atoms with Crippen molar-refractivity contribution in [3.63, 3.8) is 0 Å². The molecule has 1 unspecified atom stereocenters. The van der Waals surface area contributed by atoms with Crippen molar-refractivity contribution in [3.8, 4) is 0 Å². The summed E-state index contributed by atoms with van der Waals surface area (Å²) < 4.78 is 4.50. The number of hydrogen-bond acceptors (Lipinski definition) is 3. The van der Waals surface area contributed by atoms with Gasteiger partial charge >= 0.3 is 5.97 Å². The summed E-state index contributed by atoms with van der Waals surface area (Å²) in [5.41, 5.74) is 0. The molecule has 56 valence electrons. The van der Waals surface area contributed by atoms with Gasteiger partial charge in [-0.15, -0.1) is 6.58 Å². The topological polar surface area (TPSA) is 46.5 Å². The Morgan fingerprint density at radius 1 is 1.90 bits per heavy atom. The molecule has 3 nitrogen and oxygen atoms in total. The number of ether oxygens (including phenoxy) is 1. The third-order valence-corrected chi connectivity index (χ3v) is 1.52. The first-order valence-corrected chi connectivity index (χ1v) is 3.23. The Hall–Kier alpha value is -0.830. The number of carbonyl (C=O) groups is 1. The number of hydrogen-bond donors (Lipinski definition) is 1. The number of cyclic esters (lactones) is 1. The van der Waals surface area contributed by atoms with Crippen LogP contribution >= 0.6 is 0 Å². The summed E-state index contributed by atoms with van der Waals surface area (Å²) in [5, 5.41) is 8.82. The molecule has 0 amide bonds. The van der Waals surface area contributed by atoms with Gasteiger partial charge in [0.25, 0.3) is 0 Å². The largest absolute Gasteiger partial charge is 0.436 e. The first-order chi connectivity index (χ1) is 4.74. The molecule has 0 aromatic heterocycles. The minimum atomic E-state index is -0.891. The monoisotopic (exact) mass is 142 g/mol. The van der Waals surface area contributed by atoms with Gasteiger partial charge in [0.1, 0.15) is 0 Å². The van der Waals surface area contributed by atoms with E-state index in [1.54, 1.807) is 6.08 Å². The Bertz CT molecular complexity index is 153. The normalized spacial score (nSPS) is 31.9. The van der Waals surface area contributed by atoms with Crippen molar-refractivity contribution in [2.75, 3.05) is 0 Å². The summed E-state index contributed by atoms with van der Waals surface area (Å²) in [6.45, 7) is 3.49. The quantitative estimate of drug-likeness (QED) is 0.449. The van der Waals surface area contributed by atoms with Crippen LogP contribution in [0.2, 0.25) is 0 Å². The van der Waals surface area contributed by atoms with Gasteiger partial charge in [-0.2, -0.15) is 0 Å². The number of allylic oxidation sites excluding steroid dienone is 1. The van der Waals surface area contributed by atoms with Gasteiger partial charge in [0.2, 0.25) is 6.29 Å². The van der Waals surface area contributed by atoms with Crippen LogP contribution in [0.4, 0.5) is 0 Å². The maximum absolute atomic E-state index is 10.7. The van der Waals surface area contributed by atoms with Crippen molar-refractivity contribution in [2.24, 2.45) is 5.92 Å².